The average molecular weight is 415 g/mol. The number of thiocarbonyl (C=S) groups is 1. The Morgan fingerprint density at radius 2 is 1.74 bits per heavy atom. The van der Waals surface area contributed by atoms with Crippen LogP contribution in [0.15, 0.2) is 0 Å². The van der Waals surface area contributed by atoms with Crippen molar-refractivity contribution in [2.45, 2.75) is 46.8 Å². The van der Waals surface area contributed by atoms with Gasteiger partial charge in [0, 0.05) is 13.1 Å². The molecule has 1 aromatic rings. The quantitative estimate of drug-likeness (QED) is 0.581. The first-order valence-electron chi connectivity index (χ1n) is 8.97. The predicted molar refractivity (Wildman–Crippen MR) is 109 cm³/mol. The van der Waals surface area contributed by atoms with E-state index in [0.717, 1.165) is 11.3 Å². The number of morpholine rings is 1. The van der Waals surface area contributed by atoms with Crippen LogP contribution in [0.2, 0.25) is 0 Å². The van der Waals surface area contributed by atoms with Gasteiger partial charge in [-0.2, -0.15) is 0 Å². The van der Waals surface area contributed by atoms with Gasteiger partial charge in [0.1, 0.15) is 9.88 Å². The molecule has 1 aliphatic rings. The number of anilines is 1. The fourth-order valence-electron chi connectivity index (χ4n) is 2.96. The van der Waals surface area contributed by atoms with Crippen molar-refractivity contribution in [2.24, 2.45) is 0 Å². The van der Waals surface area contributed by atoms with E-state index >= 15 is 0 Å². The fourth-order valence-corrected chi connectivity index (χ4v) is 4.37. The molecule has 0 aromatic carbocycles. The highest BCUT2D eigenvalue weighted by molar-refractivity contribution is 7.80. The van der Waals surface area contributed by atoms with E-state index in [1.165, 1.54) is 0 Å². The maximum absolute atomic E-state index is 12.5. The Bertz CT molecular complexity index is 709. The van der Waals surface area contributed by atoms with E-state index < -0.39 is 11.9 Å². The first-order valence-corrected chi connectivity index (χ1v) is 10.2. The van der Waals surface area contributed by atoms with Crippen LogP contribution < -0.4 is 5.32 Å². The molecule has 1 fully saturated rings. The van der Waals surface area contributed by atoms with Crippen LogP contribution in [0.1, 0.15) is 53.3 Å². The Hall–Kier alpha value is -1.71. The molecule has 1 aliphatic heterocycles. The summed E-state index contributed by atoms with van der Waals surface area (Å²) in [6, 6.07) is 0. The fraction of sp³-hybridized carbons (Fsp3) is 0.611. The number of hydrogen-bond acceptors (Lipinski definition) is 7. The molecule has 0 amide bonds. The lowest BCUT2D eigenvalue weighted by Gasteiger charge is -2.36. The summed E-state index contributed by atoms with van der Waals surface area (Å²) in [6.45, 7) is 11.0. The van der Waals surface area contributed by atoms with Crippen molar-refractivity contribution in [1.29, 1.82) is 0 Å². The molecule has 0 bridgehead atoms. The smallest absolute Gasteiger partial charge is 0.348 e. The molecule has 0 aliphatic carbocycles. The zero-order chi connectivity index (χ0) is 20.1. The molecule has 9 heteroatoms. The lowest BCUT2D eigenvalue weighted by Crippen LogP contribution is -2.49. The maximum atomic E-state index is 12.5. The monoisotopic (exact) mass is 414 g/mol. The number of nitrogens with one attached hydrogen (secondary N) is 1. The summed E-state index contributed by atoms with van der Waals surface area (Å²) >= 11 is 6.69. The van der Waals surface area contributed by atoms with E-state index in [0.29, 0.717) is 39.2 Å². The van der Waals surface area contributed by atoms with Crippen molar-refractivity contribution < 1.29 is 23.8 Å². The van der Waals surface area contributed by atoms with Crippen LogP contribution in [0.25, 0.3) is 0 Å². The molecule has 0 radical (unpaired) electrons. The van der Waals surface area contributed by atoms with Crippen molar-refractivity contribution in [3.8, 4) is 0 Å². The van der Waals surface area contributed by atoms with Crippen molar-refractivity contribution in [1.82, 2.24) is 4.90 Å². The minimum Gasteiger partial charge on any atom is -0.462 e. The van der Waals surface area contributed by atoms with Crippen molar-refractivity contribution in [2.75, 3.05) is 31.6 Å². The highest BCUT2D eigenvalue weighted by atomic mass is 32.1. The Morgan fingerprint density at radius 3 is 2.30 bits per heavy atom. The molecular weight excluding hydrogens is 388 g/mol. The van der Waals surface area contributed by atoms with Gasteiger partial charge in [-0.15, -0.1) is 11.3 Å². The standard InChI is InChI=1S/C18H26N2O5S2/c1-6-23-16(21)13-12(5)14(17(22)24-7-2)27-15(13)19-18(26)20-8-10(3)25-11(4)9-20/h10-11H,6-9H2,1-5H3,(H,19,26)/t10-,11+. The van der Waals surface area contributed by atoms with Gasteiger partial charge in [0.2, 0.25) is 0 Å². The van der Waals surface area contributed by atoms with Gasteiger partial charge in [-0.05, 0) is 52.4 Å². The summed E-state index contributed by atoms with van der Waals surface area (Å²) < 4.78 is 16.0. The molecule has 150 valence electrons. The third kappa shape index (κ3) is 5.18. The van der Waals surface area contributed by atoms with E-state index in [-0.39, 0.29) is 25.4 Å². The number of carbonyl (C=O) groups excluding carboxylic acids is 2. The van der Waals surface area contributed by atoms with Crippen LogP contribution in [0, 0.1) is 6.92 Å². The molecule has 2 rings (SSSR count). The normalized spacial score (nSPS) is 19.5. The van der Waals surface area contributed by atoms with E-state index in [9.17, 15) is 9.59 Å². The summed E-state index contributed by atoms with van der Waals surface area (Å²) in [6.07, 6.45) is 0.108. The molecule has 2 heterocycles. The summed E-state index contributed by atoms with van der Waals surface area (Å²) in [5, 5.41) is 4.11. The van der Waals surface area contributed by atoms with Crippen LogP contribution in [-0.4, -0.2) is 60.5 Å². The number of carbonyl (C=O) groups is 2. The zero-order valence-electron chi connectivity index (χ0n) is 16.3. The molecule has 2 atom stereocenters. The van der Waals surface area contributed by atoms with Crippen LogP contribution in [-0.2, 0) is 14.2 Å². The average Bonchev–Trinajstić information content (AvgIpc) is 2.90. The molecular formula is C18H26N2O5S2. The van der Waals surface area contributed by atoms with Crippen LogP contribution in [0.5, 0.6) is 0 Å². The first kappa shape index (κ1) is 21.6. The van der Waals surface area contributed by atoms with Gasteiger partial charge in [0.05, 0.1) is 31.0 Å². The van der Waals surface area contributed by atoms with Gasteiger partial charge in [-0.1, -0.05) is 0 Å². The third-order valence-electron chi connectivity index (χ3n) is 4.01. The van der Waals surface area contributed by atoms with Gasteiger partial charge in [-0.25, -0.2) is 9.59 Å². The van der Waals surface area contributed by atoms with Crippen LogP contribution >= 0.6 is 23.6 Å². The Labute approximate surface area is 169 Å². The Morgan fingerprint density at radius 1 is 1.19 bits per heavy atom. The summed E-state index contributed by atoms with van der Waals surface area (Å²) in [5.74, 6) is -0.950. The summed E-state index contributed by atoms with van der Waals surface area (Å²) in [7, 11) is 0. The molecule has 0 spiro atoms. The Kier molecular flexibility index (Phi) is 7.58. The first-order chi connectivity index (χ1) is 12.8. The van der Waals surface area contributed by atoms with E-state index in [1.54, 1.807) is 20.8 Å². The lowest BCUT2D eigenvalue weighted by molar-refractivity contribution is -0.0473. The van der Waals surface area contributed by atoms with Crippen molar-refractivity contribution in [3.05, 3.63) is 16.0 Å². The zero-order valence-corrected chi connectivity index (χ0v) is 17.9. The highest BCUT2D eigenvalue weighted by Gasteiger charge is 2.29. The summed E-state index contributed by atoms with van der Waals surface area (Å²) in [4.78, 5) is 27.1. The second-order valence-corrected chi connectivity index (χ2v) is 7.70. The van der Waals surface area contributed by atoms with E-state index in [2.05, 4.69) is 5.32 Å². The molecule has 27 heavy (non-hydrogen) atoms. The SMILES string of the molecule is CCOC(=O)c1sc(NC(=S)N2C[C@@H](C)O[C@@H](C)C2)c(C(=O)OCC)c1C. The van der Waals surface area contributed by atoms with Crippen LogP contribution in [0.3, 0.4) is 0 Å². The largest absolute Gasteiger partial charge is 0.462 e. The molecule has 1 N–H and O–H groups in total. The van der Waals surface area contributed by atoms with E-state index in [1.807, 2.05) is 18.7 Å². The molecule has 0 saturated carbocycles. The van der Waals surface area contributed by atoms with Gasteiger partial charge in [-0.3, -0.25) is 0 Å². The van der Waals surface area contributed by atoms with Gasteiger partial charge in [0.15, 0.2) is 5.11 Å². The molecule has 1 aromatic heterocycles. The third-order valence-corrected chi connectivity index (χ3v) is 5.56. The van der Waals surface area contributed by atoms with Crippen LogP contribution in [0.4, 0.5) is 5.00 Å². The minimum atomic E-state index is -0.490. The number of thiophene rings is 1. The van der Waals surface area contributed by atoms with Gasteiger partial charge in [0.25, 0.3) is 0 Å². The molecule has 1 saturated heterocycles. The minimum absolute atomic E-state index is 0.0539. The summed E-state index contributed by atoms with van der Waals surface area (Å²) in [5.41, 5.74) is 0.854. The lowest BCUT2D eigenvalue weighted by atomic mass is 10.1. The number of ether oxygens (including phenoxy) is 3. The van der Waals surface area contributed by atoms with Crippen molar-refractivity contribution >= 4 is 45.6 Å². The predicted octanol–water partition coefficient (Wildman–Crippen LogP) is 3.22. The van der Waals surface area contributed by atoms with Crippen molar-refractivity contribution in [3.63, 3.8) is 0 Å². The van der Waals surface area contributed by atoms with Gasteiger partial charge < -0.3 is 24.4 Å². The topological polar surface area (TPSA) is 77.1 Å². The second-order valence-electron chi connectivity index (χ2n) is 6.29. The number of esters is 2. The van der Waals surface area contributed by atoms with Gasteiger partial charge >= 0.3 is 11.9 Å². The highest BCUT2D eigenvalue weighted by Crippen LogP contribution is 2.34. The molecule has 7 nitrogen and oxygen atoms in total. The second kappa shape index (κ2) is 9.48. The number of hydrogen-bond donors (Lipinski definition) is 1. The Balaban J connectivity index is 2.30. The number of nitrogens with zero attached hydrogens (tertiary/aromatic N) is 1. The maximum Gasteiger partial charge on any atom is 0.348 e. The number of rotatable bonds is 5. The molecule has 0 unspecified atom stereocenters. The van der Waals surface area contributed by atoms with E-state index in [4.69, 9.17) is 26.4 Å².